The van der Waals surface area contributed by atoms with Crippen LogP contribution in [-0.4, -0.2) is 33.3 Å². The van der Waals surface area contributed by atoms with Crippen LogP contribution in [0.25, 0.3) is 0 Å². The molecule has 0 heterocycles. The van der Waals surface area contributed by atoms with Crippen molar-refractivity contribution < 1.29 is 19.0 Å². The minimum Gasteiger partial charge on any atom is -0.493 e. The first kappa shape index (κ1) is 19.5. The number of rotatable bonds is 9. The van der Waals surface area contributed by atoms with E-state index in [1.165, 1.54) is 12.7 Å². The van der Waals surface area contributed by atoms with Gasteiger partial charge in [-0.1, -0.05) is 30.3 Å². The fourth-order valence-electron chi connectivity index (χ4n) is 2.32. The van der Waals surface area contributed by atoms with Gasteiger partial charge in [0.15, 0.2) is 18.1 Å². The number of esters is 1. The first-order valence-electron chi connectivity index (χ1n) is 7.94. The van der Waals surface area contributed by atoms with Gasteiger partial charge in [-0.25, -0.2) is 4.79 Å². The summed E-state index contributed by atoms with van der Waals surface area (Å²) in [5, 5.41) is 3.43. The number of nitrogens with one attached hydrogen (secondary N) is 1. The molecule has 0 bridgehead atoms. The number of hydrogen-bond donors (Lipinski definition) is 1. The topological polar surface area (TPSA) is 56.8 Å². The normalized spacial score (nSPS) is 10.4. The smallest absolute Gasteiger partial charge is 0.343 e. The van der Waals surface area contributed by atoms with Crippen molar-refractivity contribution in [2.75, 3.05) is 27.4 Å². The molecule has 25 heavy (non-hydrogen) atoms. The second-order valence-electron chi connectivity index (χ2n) is 5.39. The zero-order valence-electron chi connectivity index (χ0n) is 14.4. The zero-order valence-corrected chi connectivity index (χ0v) is 16.5. The van der Waals surface area contributed by atoms with Crippen LogP contribution in [-0.2, 0) is 22.5 Å². The quantitative estimate of drug-likeness (QED) is 0.358. The first-order chi connectivity index (χ1) is 12.1. The number of benzene rings is 2. The van der Waals surface area contributed by atoms with E-state index in [0.29, 0.717) is 11.5 Å². The van der Waals surface area contributed by atoms with Gasteiger partial charge in [-0.2, -0.15) is 0 Å². The van der Waals surface area contributed by atoms with Crippen LogP contribution in [0.3, 0.4) is 0 Å². The van der Waals surface area contributed by atoms with Crippen LogP contribution in [0.1, 0.15) is 11.1 Å². The molecule has 6 heteroatoms. The first-order valence-corrected chi connectivity index (χ1v) is 9.02. The van der Waals surface area contributed by atoms with Crippen molar-refractivity contribution in [3.8, 4) is 11.5 Å². The third kappa shape index (κ3) is 6.21. The van der Waals surface area contributed by atoms with Crippen LogP contribution < -0.4 is 14.8 Å². The highest BCUT2D eigenvalue weighted by Gasteiger charge is 2.13. The van der Waals surface area contributed by atoms with Crippen LogP contribution >= 0.6 is 22.6 Å². The molecule has 0 aliphatic heterocycles. The molecule has 0 fully saturated rings. The fraction of sp³-hybridized carbons (Fsp3) is 0.316. The third-order valence-electron chi connectivity index (χ3n) is 3.61. The van der Waals surface area contributed by atoms with Gasteiger partial charge >= 0.3 is 5.97 Å². The summed E-state index contributed by atoms with van der Waals surface area (Å²) in [6, 6.07) is 14.3. The molecule has 5 nitrogen and oxygen atoms in total. The third-order valence-corrected chi connectivity index (χ3v) is 4.41. The molecule has 1 N–H and O–H groups in total. The highest BCUT2D eigenvalue weighted by atomic mass is 127. The molecule has 2 aromatic rings. The van der Waals surface area contributed by atoms with Gasteiger partial charge in [0.25, 0.3) is 0 Å². The molecule has 0 aromatic heterocycles. The summed E-state index contributed by atoms with van der Waals surface area (Å²) in [4.78, 5) is 11.3. The van der Waals surface area contributed by atoms with E-state index in [1.54, 1.807) is 7.11 Å². The Balaban J connectivity index is 1.92. The lowest BCUT2D eigenvalue weighted by Crippen LogP contribution is -2.17. The van der Waals surface area contributed by atoms with Crippen LogP contribution in [0, 0.1) is 3.57 Å². The summed E-state index contributed by atoms with van der Waals surface area (Å²) in [6.07, 6.45) is 0.982. The van der Waals surface area contributed by atoms with Gasteiger partial charge in [0.2, 0.25) is 0 Å². The molecule has 0 amide bonds. The molecule has 0 aliphatic carbocycles. The monoisotopic (exact) mass is 455 g/mol. The largest absolute Gasteiger partial charge is 0.493 e. The minimum absolute atomic E-state index is 0.141. The highest BCUT2D eigenvalue weighted by Crippen LogP contribution is 2.34. The van der Waals surface area contributed by atoms with Crippen molar-refractivity contribution in [3.05, 3.63) is 57.2 Å². The molecule has 2 rings (SSSR count). The van der Waals surface area contributed by atoms with E-state index in [2.05, 4.69) is 56.9 Å². The number of methoxy groups -OCH3 is 2. The summed E-state index contributed by atoms with van der Waals surface area (Å²) < 4.78 is 16.4. The van der Waals surface area contributed by atoms with E-state index in [-0.39, 0.29) is 6.61 Å². The van der Waals surface area contributed by atoms with Gasteiger partial charge in [0.1, 0.15) is 0 Å². The molecule has 2 aromatic carbocycles. The second kappa shape index (κ2) is 10.2. The Morgan fingerprint density at radius 1 is 1.12 bits per heavy atom. The Morgan fingerprint density at radius 3 is 2.56 bits per heavy atom. The SMILES string of the molecule is COC(=O)COc1c(I)cc(CNCCc2ccccc2)cc1OC. The molecule has 134 valence electrons. The van der Waals surface area contributed by atoms with Crippen LogP contribution in [0.15, 0.2) is 42.5 Å². The Morgan fingerprint density at radius 2 is 1.88 bits per heavy atom. The van der Waals surface area contributed by atoms with E-state index < -0.39 is 5.97 Å². The molecule has 0 atom stereocenters. The van der Waals surface area contributed by atoms with E-state index in [4.69, 9.17) is 9.47 Å². The number of carbonyl (C=O) groups excluding carboxylic acids is 1. The summed E-state index contributed by atoms with van der Waals surface area (Å²) in [5.41, 5.74) is 2.41. The Labute approximate surface area is 161 Å². The molecule has 0 saturated heterocycles. The van der Waals surface area contributed by atoms with Gasteiger partial charge < -0.3 is 19.5 Å². The second-order valence-corrected chi connectivity index (χ2v) is 6.55. The molecule has 0 aliphatic rings. The van der Waals surface area contributed by atoms with Crippen LogP contribution in [0.4, 0.5) is 0 Å². The van der Waals surface area contributed by atoms with Gasteiger partial charge in [-0.15, -0.1) is 0 Å². The van der Waals surface area contributed by atoms with Crippen molar-refractivity contribution in [2.24, 2.45) is 0 Å². The summed E-state index contributed by atoms with van der Waals surface area (Å²) in [5.74, 6) is 0.738. The maximum absolute atomic E-state index is 11.3. The number of carbonyl (C=O) groups is 1. The predicted octanol–water partition coefficient (Wildman–Crippen LogP) is 3.18. The molecule has 0 radical (unpaired) electrons. The molecular formula is C19H22INO4. The molecule has 0 spiro atoms. The Hall–Kier alpha value is -1.80. The number of ether oxygens (including phenoxy) is 3. The number of halogens is 1. The van der Waals surface area contributed by atoms with Crippen molar-refractivity contribution in [3.63, 3.8) is 0 Å². The average molecular weight is 455 g/mol. The van der Waals surface area contributed by atoms with E-state index in [9.17, 15) is 4.79 Å². The standard InChI is InChI=1S/C19H22INO4/c1-23-17-11-15(10-16(20)19(17)25-13-18(22)24-2)12-21-9-8-14-6-4-3-5-7-14/h3-7,10-11,21H,8-9,12-13H2,1-2H3. The van der Waals surface area contributed by atoms with E-state index in [1.807, 2.05) is 18.2 Å². The van der Waals surface area contributed by atoms with Gasteiger partial charge in [0, 0.05) is 6.54 Å². The highest BCUT2D eigenvalue weighted by molar-refractivity contribution is 14.1. The molecule has 0 unspecified atom stereocenters. The lowest BCUT2D eigenvalue weighted by molar-refractivity contribution is -0.142. The van der Waals surface area contributed by atoms with Gasteiger partial charge in [-0.05, 0) is 58.8 Å². The van der Waals surface area contributed by atoms with E-state index >= 15 is 0 Å². The lowest BCUT2D eigenvalue weighted by Gasteiger charge is -2.14. The fourth-order valence-corrected chi connectivity index (χ4v) is 3.14. The number of hydrogen-bond acceptors (Lipinski definition) is 5. The van der Waals surface area contributed by atoms with Crippen molar-refractivity contribution in [1.29, 1.82) is 0 Å². The van der Waals surface area contributed by atoms with Gasteiger partial charge in [-0.3, -0.25) is 0 Å². The Kier molecular flexibility index (Phi) is 8.00. The Bertz CT molecular complexity index is 691. The van der Waals surface area contributed by atoms with Crippen molar-refractivity contribution in [1.82, 2.24) is 5.32 Å². The summed E-state index contributed by atoms with van der Waals surface area (Å²) in [6.45, 7) is 1.48. The lowest BCUT2D eigenvalue weighted by atomic mass is 10.1. The average Bonchev–Trinajstić information content (AvgIpc) is 2.64. The molecule has 0 saturated carbocycles. The van der Waals surface area contributed by atoms with Crippen LogP contribution in [0.2, 0.25) is 0 Å². The summed E-state index contributed by atoms with van der Waals surface area (Å²) >= 11 is 2.18. The molecular weight excluding hydrogens is 433 g/mol. The van der Waals surface area contributed by atoms with Crippen molar-refractivity contribution in [2.45, 2.75) is 13.0 Å². The van der Waals surface area contributed by atoms with E-state index in [0.717, 1.165) is 28.6 Å². The minimum atomic E-state index is -0.426. The van der Waals surface area contributed by atoms with Crippen molar-refractivity contribution >= 4 is 28.6 Å². The van der Waals surface area contributed by atoms with Gasteiger partial charge in [0.05, 0.1) is 17.8 Å². The zero-order chi connectivity index (χ0) is 18.1. The maximum Gasteiger partial charge on any atom is 0.343 e. The summed E-state index contributed by atoms with van der Waals surface area (Å²) in [7, 11) is 2.92. The van der Waals surface area contributed by atoms with Crippen LogP contribution in [0.5, 0.6) is 11.5 Å². The predicted molar refractivity (Wildman–Crippen MR) is 105 cm³/mol. The maximum atomic E-state index is 11.3.